The normalized spacial score (nSPS) is 35.2. The number of allylic oxidation sites excluding steroid dienone is 1. The number of ether oxygens (including phenoxy) is 14. The van der Waals surface area contributed by atoms with Crippen LogP contribution in [0.3, 0.4) is 0 Å². The van der Waals surface area contributed by atoms with Crippen molar-refractivity contribution < 1.29 is 71.4 Å². The Labute approximate surface area is 423 Å². The summed E-state index contributed by atoms with van der Waals surface area (Å²) in [5.41, 5.74) is 1.67. The molecule has 15 nitrogen and oxygen atoms in total. The molecule has 1 N–H and O–H groups in total. The first kappa shape index (κ1) is 56.3. The molecule has 15 heteroatoms. The zero-order valence-corrected chi connectivity index (χ0v) is 43.2. The fourth-order valence-electron chi connectivity index (χ4n) is 9.78. The van der Waals surface area contributed by atoms with Gasteiger partial charge in [0.25, 0.3) is 0 Å². The number of aliphatic hydroxyl groups is 1. The summed E-state index contributed by atoms with van der Waals surface area (Å²) < 4.78 is 94.5. The van der Waals surface area contributed by atoms with E-state index >= 15 is 0 Å². The van der Waals surface area contributed by atoms with E-state index in [2.05, 4.69) is 34.3 Å². The monoisotopic (exact) mass is 999 g/mol. The van der Waals surface area contributed by atoms with Crippen molar-refractivity contribution in [3.8, 4) is 0 Å². The highest BCUT2D eigenvalue weighted by atomic mass is 16.8. The molecule has 5 aliphatic heterocycles. The van der Waals surface area contributed by atoms with E-state index in [9.17, 15) is 5.11 Å². The molecule has 400 valence electrons. The van der Waals surface area contributed by atoms with Gasteiger partial charge in [0, 0.05) is 44.2 Å². The van der Waals surface area contributed by atoms with Gasteiger partial charge in [0.05, 0.1) is 19.3 Å². The number of benzene rings is 2. The molecule has 0 bridgehead atoms. The minimum Gasteiger partial charge on any atom is -0.387 e. The van der Waals surface area contributed by atoms with Crippen molar-refractivity contribution in [3.05, 3.63) is 84.4 Å². The minimum atomic E-state index is -1.29. The van der Waals surface area contributed by atoms with Gasteiger partial charge in [0.2, 0.25) is 0 Å². The van der Waals surface area contributed by atoms with E-state index in [4.69, 9.17) is 66.3 Å². The highest BCUT2D eigenvalue weighted by molar-refractivity contribution is 5.18. The minimum absolute atomic E-state index is 0.118. The van der Waals surface area contributed by atoms with Crippen molar-refractivity contribution >= 4 is 0 Å². The molecular formula is C56H86O15. The van der Waals surface area contributed by atoms with Gasteiger partial charge < -0.3 is 71.4 Å². The highest BCUT2D eigenvalue weighted by Crippen LogP contribution is 2.42. The van der Waals surface area contributed by atoms with E-state index in [1.165, 1.54) is 0 Å². The topological polar surface area (TPSA) is 149 Å². The van der Waals surface area contributed by atoms with Crippen LogP contribution in [0.5, 0.6) is 0 Å². The summed E-state index contributed by atoms with van der Waals surface area (Å²) in [4.78, 5) is 0. The number of hydrogen-bond acceptors (Lipinski definition) is 15. The lowest BCUT2D eigenvalue weighted by atomic mass is 9.94. The van der Waals surface area contributed by atoms with Crippen molar-refractivity contribution in [1.82, 2.24) is 0 Å². The molecule has 0 radical (unpaired) electrons. The van der Waals surface area contributed by atoms with Gasteiger partial charge >= 0.3 is 0 Å². The molecule has 0 aromatic heterocycles. The Morgan fingerprint density at radius 2 is 0.958 bits per heavy atom. The molecule has 0 saturated carbocycles. The van der Waals surface area contributed by atoms with Gasteiger partial charge in [-0.2, -0.15) is 0 Å². The van der Waals surface area contributed by atoms with Gasteiger partial charge in [-0.3, -0.25) is 0 Å². The molecule has 0 spiro atoms. The SMILES string of the molecule is C=CCCCCCCO[C@@H]1OC2COC(c3ccccc3)O[C@@H]2C(O[C@@H]2OC3COC(c4ccccc4)O[C@@H]3C(O)C2O[C@@H]2OC(C)[C@@H](OCCCC)C(OCCCC)C2OCCCC)C1OCCCC. The molecule has 71 heavy (non-hydrogen) atoms. The molecule has 5 heterocycles. The predicted octanol–water partition coefficient (Wildman–Crippen LogP) is 9.44. The summed E-state index contributed by atoms with van der Waals surface area (Å²) in [5.74, 6) is 0. The van der Waals surface area contributed by atoms with Gasteiger partial charge in [-0.15, -0.1) is 6.58 Å². The lowest BCUT2D eigenvalue weighted by Crippen LogP contribution is -2.69. The largest absolute Gasteiger partial charge is 0.387 e. The Morgan fingerprint density at radius 1 is 0.493 bits per heavy atom. The van der Waals surface area contributed by atoms with Crippen LogP contribution in [0, 0.1) is 0 Å². The molecule has 5 fully saturated rings. The maximum Gasteiger partial charge on any atom is 0.187 e. The van der Waals surface area contributed by atoms with Crippen LogP contribution in [-0.4, -0.2) is 143 Å². The fourth-order valence-corrected chi connectivity index (χ4v) is 9.78. The van der Waals surface area contributed by atoms with E-state index in [0.29, 0.717) is 33.0 Å². The predicted molar refractivity (Wildman–Crippen MR) is 265 cm³/mol. The van der Waals surface area contributed by atoms with Gasteiger partial charge in [0.1, 0.15) is 67.1 Å². The standard InChI is InChI=1S/C56H86O15/c1-7-12-17-18-19-26-35-62-54-51(61-34-16-11-5)49(46-42(66-54)37-64-53(69-46)40-29-24-21-25-30-40)71-55-47(43(57)45-41(67-55)36-63-52(68-45)39-27-22-20-23-28-39)70-56-50(60-33-15-10-4)48(59-32-14-9-3)44(38(6)65-56)58-31-13-8-2/h7,20-25,27-30,38,41-57H,1,8-19,26,31-37H2,2-6H3/t38?,41?,42?,43?,44-,45+,46+,47?,48?,49?,50?,51?,52?,53?,54-,55+,56+/m1/s1. The molecule has 7 rings (SSSR count). The Kier molecular flexibility index (Phi) is 24.0. The second-order valence-electron chi connectivity index (χ2n) is 19.5. The van der Waals surface area contributed by atoms with Crippen LogP contribution >= 0.6 is 0 Å². The number of rotatable bonds is 30. The lowest BCUT2D eigenvalue weighted by Gasteiger charge is -2.53. The number of aliphatic hydroxyl groups excluding tert-OH is 1. The summed E-state index contributed by atoms with van der Waals surface area (Å²) >= 11 is 0. The van der Waals surface area contributed by atoms with Crippen LogP contribution in [0.15, 0.2) is 73.3 Å². The van der Waals surface area contributed by atoms with Gasteiger partial charge in [-0.1, -0.05) is 133 Å². The molecule has 5 saturated heterocycles. The van der Waals surface area contributed by atoms with E-state index in [1.54, 1.807) is 0 Å². The molecule has 0 amide bonds. The van der Waals surface area contributed by atoms with Crippen LogP contribution in [0.1, 0.15) is 142 Å². The second-order valence-corrected chi connectivity index (χ2v) is 19.5. The summed E-state index contributed by atoms with van der Waals surface area (Å²) in [5, 5.41) is 12.8. The summed E-state index contributed by atoms with van der Waals surface area (Å²) in [6, 6.07) is 19.5. The molecule has 2 aromatic rings. The smallest absolute Gasteiger partial charge is 0.187 e. The average molecular weight is 999 g/mol. The average Bonchev–Trinajstić information content (AvgIpc) is 3.39. The first-order valence-electron chi connectivity index (χ1n) is 27.2. The van der Waals surface area contributed by atoms with Gasteiger partial charge in [0.15, 0.2) is 31.5 Å². The van der Waals surface area contributed by atoms with Gasteiger partial charge in [-0.05, 0) is 51.9 Å². The van der Waals surface area contributed by atoms with Crippen LogP contribution in [0.25, 0.3) is 0 Å². The van der Waals surface area contributed by atoms with E-state index in [1.807, 2.05) is 73.7 Å². The molecule has 2 aromatic carbocycles. The fraction of sp³-hybridized carbons (Fsp3) is 0.750. The van der Waals surface area contributed by atoms with Crippen LogP contribution in [-0.2, 0) is 66.3 Å². The number of unbranched alkanes of at least 4 members (excludes halogenated alkanes) is 8. The summed E-state index contributed by atoms with van der Waals surface area (Å²) in [6.45, 7) is 17.1. The summed E-state index contributed by atoms with van der Waals surface area (Å²) in [6.07, 6.45) is 0.414. The van der Waals surface area contributed by atoms with Crippen molar-refractivity contribution in [2.75, 3.05) is 46.2 Å². The first-order valence-corrected chi connectivity index (χ1v) is 27.2. The third kappa shape index (κ3) is 15.6. The van der Waals surface area contributed by atoms with E-state index < -0.39 is 105 Å². The molecule has 11 unspecified atom stereocenters. The van der Waals surface area contributed by atoms with Crippen molar-refractivity contribution in [1.29, 1.82) is 0 Å². The Balaban J connectivity index is 1.23. The Bertz CT molecular complexity index is 1740. The zero-order chi connectivity index (χ0) is 49.8. The van der Waals surface area contributed by atoms with Crippen molar-refractivity contribution in [3.63, 3.8) is 0 Å². The molecule has 5 aliphatic rings. The third-order valence-electron chi connectivity index (χ3n) is 13.9. The number of fused-ring (bicyclic) bond motifs is 2. The molecule has 0 aliphatic carbocycles. The number of hydrogen-bond donors (Lipinski definition) is 1. The van der Waals surface area contributed by atoms with Crippen LogP contribution in [0.2, 0.25) is 0 Å². The summed E-state index contributed by atoms with van der Waals surface area (Å²) in [7, 11) is 0. The zero-order valence-electron chi connectivity index (χ0n) is 43.2. The maximum atomic E-state index is 12.8. The van der Waals surface area contributed by atoms with E-state index in [0.717, 1.165) is 94.6 Å². The van der Waals surface area contributed by atoms with Crippen molar-refractivity contribution in [2.45, 2.75) is 223 Å². The van der Waals surface area contributed by atoms with Crippen LogP contribution < -0.4 is 0 Å². The van der Waals surface area contributed by atoms with E-state index in [-0.39, 0.29) is 13.2 Å². The second kappa shape index (κ2) is 30.2. The highest BCUT2D eigenvalue weighted by Gasteiger charge is 2.58. The molecular weight excluding hydrogens is 913 g/mol. The maximum absolute atomic E-state index is 12.8. The van der Waals surface area contributed by atoms with Gasteiger partial charge in [-0.25, -0.2) is 0 Å². The molecule has 17 atom stereocenters. The third-order valence-corrected chi connectivity index (χ3v) is 13.9. The Hall–Kier alpha value is -2.42. The van der Waals surface area contributed by atoms with Crippen LogP contribution in [0.4, 0.5) is 0 Å². The first-order chi connectivity index (χ1) is 34.9. The Morgan fingerprint density at radius 3 is 1.54 bits per heavy atom. The lowest BCUT2D eigenvalue weighted by molar-refractivity contribution is -0.422. The van der Waals surface area contributed by atoms with Crippen molar-refractivity contribution in [2.24, 2.45) is 0 Å². The quantitative estimate of drug-likeness (QED) is 0.0585.